The number of carbonyl (C=O) groups is 2. The molecule has 2 aromatic rings. The van der Waals surface area contributed by atoms with E-state index in [1.807, 2.05) is 41.0 Å². The van der Waals surface area contributed by atoms with Gasteiger partial charge in [0.15, 0.2) is 11.5 Å². The molecule has 1 fully saturated rings. The monoisotopic (exact) mass is 443 g/mol. The zero-order valence-electron chi connectivity index (χ0n) is 17.5. The van der Waals surface area contributed by atoms with Gasteiger partial charge in [-0.05, 0) is 12.5 Å². The molecule has 0 atom stereocenters. The van der Waals surface area contributed by atoms with Crippen LogP contribution in [0.4, 0.5) is 5.69 Å². The summed E-state index contributed by atoms with van der Waals surface area (Å²) in [6.07, 6.45) is 0.406. The summed E-state index contributed by atoms with van der Waals surface area (Å²) in [6, 6.07) is 11.4. The largest absolute Gasteiger partial charge is 0.486 e. The molecule has 2 aliphatic rings. The maximum Gasteiger partial charge on any atom is 0.238 e. The average Bonchev–Trinajstić information content (AvgIpc) is 2.76. The number of ether oxygens (including phenoxy) is 2. The van der Waals surface area contributed by atoms with Crippen LogP contribution in [-0.2, 0) is 16.0 Å². The first-order valence-corrected chi connectivity index (χ1v) is 10.8. The van der Waals surface area contributed by atoms with Crippen LogP contribution in [0.15, 0.2) is 36.4 Å². The first kappa shape index (κ1) is 21.5. The summed E-state index contributed by atoms with van der Waals surface area (Å²) in [4.78, 5) is 29.0. The number of nitrogens with one attached hydrogen (secondary N) is 1. The van der Waals surface area contributed by atoms with Crippen LogP contribution in [0.25, 0.3) is 0 Å². The average molecular weight is 444 g/mol. The Balaban J connectivity index is 1.25. The number of benzene rings is 2. The molecular formula is C23H26ClN3O4. The van der Waals surface area contributed by atoms with Crippen LogP contribution in [-0.4, -0.2) is 67.6 Å². The predicted octanol–water partition coefficient (Wildman–Crippen LogP) is 2.75. The lowest BCUT2D eigenvalue weighted by atomic mass is 10.1. The lowest BCUT2D eigenvalue weighted by Gasteiger charge is -2.34. The summed E-state index contributed by atoms with van der Waals surface area (Å²) in [7, 11) is 0. The van der Waals surface area contributed by atoms with Crippen molar-refractivity contribution in [1.82, 2.24) is 9.80 Å². The second kappa shape index (κ2) is 9.58. The van der Waals surface area contributed by atoms with Gasteiger partial charge in [-0.25, -0.2) is 0 Å². The van der Waals surface area contributed by atoms with Gasteiger partial charge in [0.2, 0.25) is 11.8 Å². The van der Waals surface area contributed by atoms with Crippen LogP contribution in [0.3, 0.4) is 0 Å². The number of hydrogen-bond acceptors (Lipinski definition) is 5. The topological polar surface area (TPSA) is 71.1 Å². The van der Waals surface area contributed by atoms with Crippen molar-refractivity contribution in [3.05, 3.63) is 52.5 Å². The minimum absolute atomic E-state index is 0.121. The van der Waals surface area contributed by atoms with Gasteiger partial charge < -0.3 is 19.7 Å². The van der Waals surface area contributed by atoms with Gasteiger partial charge in [-0.2, -0.15) is 0 Å². The van der Waals surface area contributed by atoms with E-state index in [9.17, 15) is 9.59 Å². The molecule has 2 amide bonds. The number of hydrogen-bond donors (Lipinski definition) is 1. The van der Waals surface area contributed by atoms with Gasteiger partial charge in [-0.1, -0.05) is 41.4 Å². The van der Waals surface area contributed by atoms with E-state index in [2.05, 4.69) is 5.32 Å². The van der Waals surface area contributed by atoms with Crippen LogP contribution < -0.4 is 14.8 Å². The predicted molar refractivity (Wildman–Crippen MR) is 119 cm³/mol. The molecule has 0 aliphatic carbocycles. The summed E-state index contributed by atoms with van der Waals surface area (Å²) in [6.45, 7) is 5.76. The van der Waals surface area contributed by atoms with E-state index in [1.165, 1.54) is 5.56 Å². The Hall–Kier alpha value is -2.77. The molecule has 0 aromatic heterocycles. The molecule has 0 spiro atoms. The lowest BCUT2D eigenvalue weighted by molar-refractivity contribution is -0.132. The normalized spacial score (nSPS) is 16.1. The number of carbonyl (C=O) groups excluding carboxylic acids is 2. The Bertz CT molecular complexity index is 956. The zero-order chi connectivity index (χ0) is 21.8. The minimum atomic E-state index is -0.155. The van der Waals surface area contributed by atoms with Crippen molar-refractivity contribution in [2.24, 2.45) is 0 Å². The third kappa shape index (κ3) is 5.48. The number of aryl methyl sites for hydroxylation is 1. The molecule has 1 N–H and O–H groups in total. The summed E-state index contributed by atoms with van der Waals surface area (Å²) < 4.78 is 11.0. The van der Waals surface area contributed by atoms with Gasteiger partial charge in [0, 0.05) is 38.3 Å². The third-order valence-corrected chi connectivity index (χ3v) is 5.79. The first-order chi connectivity index (χ1) is 15.0. The molecule has 2 aromatic carbocycles. The van der Waals surface area contributed by atoms with Crippen LogP contribution >= 0.6 is 11.6 Å². The van der Waals surface area contributed by atoms with Crippen LogP contribution in [0.1, 0.15) is 11.1 Å². The second-order valence-electron chi connectivity index (χ2n) is 7.84. The van der Waals surface area contributed by atoms with Gasteiger partial charge in [-0.3, -0.25) is 14.5 Å². The lowest BCUT2D eigenvalue weighted by Crippen LogP contribution is -2.50. The Morgan fingerprint density at radius 1 is 1.00 bits per heavy atom. The highest BCUT2D eigenvalue weighted by molar-refractivity contribution is 6.34. The molecule has 1 saturated heterocycles. The molecule has 4 rings (SSSR count). The summed E-state index contributed by atoms with van der Waals surface area (Å²) in [5.41, 5.74) is 2.71. The maximum absolute atomic E-state index is 12.6. The molecule has 0 bridgehead atoms. The molecule has 7 nitrogen and oxygen atoms in total. The van der Waals surface area contributed by atoms with Crippen LogP contribution in [0.5, 0.6) is 11.5 Å². The van der Waals surface area contributed by atoms with E-state index < -0.39 is 0 Å². The van der Waals surface area contributed by atoms with Crippen molar-refractivity contribution in [3.63, 3.8) is 0 Å². The molecule has 164 valence electrons. The Morgan fingerprint density at radius 2 is 1.65 bits per heavy atom. The summed E-state index contributed by atoms with van der Waals surface area (Å²) >= 11 is 6.27. The molecular weight excluding hydrogens is 418 g/mol. The number of anilines is 1. The second-order valence-corrected chi connectivity index (χ2v) is 8.25. The molecule has 2 heterocycles. The number of nitrogens with zero attached hydrogens (tertiary/aromatic N) is 2. The molecule has 0 radical (unpaired) electrons. The summed E-state index contributed by atoms with van der Waals surface area (Å²) in [5.74, 6) is 1.13. The van der Waals surface area contributed by atoms with E-state index in [1.54, 1.807) is 12.1 Å². The quantitative estimate of drug-likeness (QED) is 0.769. The molecule has 2 aliphatic heterocycles. The summed E-state index contributed by atoms with van der Waals surface area (Å²) in [5, 5.41) is 3.26. The SMILES string of the molecule is Cc1ccc(CC(=O)N2CCN(CC(=O)Nc3cc4c(cc3Cl)OCCO4)CC2)cc1. The van der Waals surface area contributed by atoms with E-state index in [0.717, 1.165) is 5.56 Å². The van der Waals surface area contributed by atoms with E-state index in [4.69, 9.17) is 21.1 Å². The van der Waals surface area contributed by atoms with E-state index in [-0.39, 0.29) is 18.4 Å². The van der Waals surface area contributed by atoms with Gasteiger partial charge in [0.1, 0.15) is 13.2 Å². The van der Waals surface area contributed by atoms with Gasteiger partial charge >= 0.3 is 0 Å². The van der Waals surface area contributed by atoms with Crippen molar-refractivity contribution in [2.45, 2.75) is 13.3 Å². The zero-order valence-corrected chi connectivity index (χ0v) is 18.3. The highest BCUT2D eigenvalue weighted by atomic mass is 35.5. The van der Waals surface area contributed by atoms with Crippen molar-refractivity contribution < 1.29 is 19.1 Å². The number of halogens is 1. The molecule has 8 heteroatoms. The number of fused-ring (bicyclic) bond motifs is 1. The fourth-order valence-corrected chi connectivity index (χ4v) is 3.90. The Labute approximate surface area is 186 Å². The van der Waals surface area contributed by atoms with E-state index >= 15 is 0 Å². The van der Waals surface area contributed by atoms with Crippen LogP contribution in [0.2, 0.25) is 5.02 Å². The van der Waals surface area contributed by atoms with Crippen molar-refractivity contribution in [1.29, 1.82) is 0 Å². The molecule has 31 heavy (non-hydrogen) atoms. The third-order valence-electron chi connectivity index (χ3n) is 5.47. The highest BCUT2D eigenvalue weighted by Crippen LogP contribution is 2.37. The highest BCUT2D eigenvalue weighted by Gasteiger charge is 2.23. The smallest absolute Gasteiger partial charge is 0.238 e. The standard InChI is InChI=1S/C23H26ClN3O4/c1-16-2-4-17(5-3-16)12-23(29)27-8-6-26(7-9-27)15-22(28)25-19-14-21-20(13-18(19)24)30-10-11-31-21/h2-5,13-14H,6-12,15H2,1H3,(H,25,28). The van der Waals surface area contributed by atoms with Crippen molar-refractivity contribution in [2.75, 3.05) is 51.3 Å². The van der Waals surface area contributed by atoms with Gasteiger partial charge in [0.05, 0.1) is 23.7 Å². The molecule has 0 saturated carbocycles. The van der Waals surface area contributed by atoms with Crippen molar-refractivity contribution in [3.8, 4) is 11.5 Å². The Morgan fingerprint density at radius 3 is 2.32 bits per heavy atom. The fourth-order valence-electron chi connectivity index (χ4n) is 3.70. The van der Waals surface area contributed by atoms with Gasteiger partial charge in [-0.15, -0.1) is 0 Å². The van der Waals surface area contributed by atoms with Gasteiger partial charge in [0.25, 0.3) is 0 Å². The van der Waals surface area contributed by atoms with Crippen molar-refractivity contribution >= 4 is 29.1 Å². The van der Waals surface area contributed by atoms with E-state index in [0.29, 0.717) is 68.0 Å². The molecule has 0 unspecified atom stereocenters. The number of rotatable bonds is 5. The first-order valence-electron chi connectivity index (χ1n) is 10.4. The van der Waals surface area contributed by atoms with Crippen LogP contribution in [0, 0.1) is 6.92 Å². The Kier molecular flexibility index (Phi) is 6.63. The fraction of sp³-hybridized carbons (Fsp3) is 0.391. The number of amides is 2. The minimum Gasteiger partial charge on any atom is -0.486 e. The maximum atomic E-state index is 12.6. The number of piperazine rings is 1.